The van der Waals surface area contributed by atoms with Gasteiger partial charge in [0.05, 0.1) is 6.20 Å². The van der Waals surface area contributed by atoms with Gasteiger partial charge in [-0.15, -0.1) is 0 Å². The zero-order valence-electron chi connectivity index (χ0n) is 13.6. The minimum atomic E-state index is 0.196. The highest BCUT2D eigenvalue weighted by atomic mass is 16.3. The van der Waals surface area contributed by atoms with E-state index in [0.717, 1.165) is 43.9 Å². The first kappa shape index (κ1) is 15.1. The minimum absolute atomic E-state index is 0.196. The van der Waals surface area contributed by atoms with Crippen LogP contribution in [0.4, 0.5) is 0 Å². The number of benzene rings is 2. The van der Waals surface area contributed by atoms with Crippen LogP contribution in [0.2, 0.25) is 0 Å². The number of nitrogens with one attached hydrogen (secondary N) is 1. The molecule has 0 radical (unpaired) electrons. The van der Waals surface area contributed by atoms with E-state index in [1.165, 1.54) is 22.5 Å². The monoisotopic (exact) mass is 319 g/mol. The van der Waals surface area contributed by atoms with Gasteiger partial charge >= 0.3 is 0 Å². The molecule has 1 aromatic heterocycles. The van der Waals surface area contributed by atoms with Gasteiger partial charge < -0.3 is 10.4 Å². The van der Waals surface area contributed by atoms with Gasteiger partial charge in [0.15, 0.2) is 0 Å². The van der Waals surface area contributed by atoms with E-state index >= 15 is 0 Å². The Labute approximate surface area is 141 Å². The van der Waals surface area contributed by atoms with Crippen molar-refractivity contribution >= 4 is 10.8 Å². The average Bonchev–Trinajstić information content (AvgIpc) is 2.63. The maximum atomic E-state index is 9.74. The van der Waals surface area contributed by atoms with Crippen molar-refractivity contribution in [2.24, 2.45) is 0 Å². The molecule has 4 nitrogen and oxygen atoms in total. The Morgan fingerprint density at radius 1 is 1.00 bits per heavy atom. The number of piperazine rings is 1. The molecule has 4 rings (SSSR count). The van der Waals surface area contributed by atoms with Gasteiger partial charge in [0.25, 0.3) is 0 Å². The first-order valence-corrected chi connectivity index (χ1v) is 8.39. The quantitative estimate of drug-likeness (QED) is 0.779. The summed E-state index contributed by atoms with van der Waals surface area (Å²) >= 11 is 0. The number of rotatable bonds is 3. The SMILES string of the molecule is Oc1cncc(-c2ccc(CN3CCNCC3)c3ccccc23)c1. The van der Waals surface area contributed by atoms with E-state index in [2.05, 4.69) is 51.6 Å². The lowest BCUT2D eigenvalue weighted by Crippen LogP contribution is -2.42. The topological polar surface area (TPSA) is 48.4 Å². The molecule has 0 spiro atoms. The molecule has 0 saturated carbocycles. The molecular formula is C20H21N3O. The van der Waals surface area contributed by atoms with Gasteiger partial charge in [0, 0.05) is 44.5 Å². The van der Waals surface area contributed by atoms with Crippen LogP contribution in [0.15, 0.2) is 54.9 Å². The van der Waals surface area contributed by atoms with Crippen LogP contribution >= 0.6 is 0 Å². The predicted molar refractivity (Wildman–Crippen MR) is 97.0 cm³/mol. The third-order valence-corrected chi connectivity index (χ3v) is 4.65. The Kier molecular flexibility index (Phi) is 4.15. The molecule has 1 aliphatic rings. The molecule has 0 amide bonds. The summed E-state index contributed by atoms with van der Waals surface area (Å²) in [5.74, 6) is 0.196. The maximum Gasteiger partial charge on any atom is 0.134 e. The Bertz CT molecular complexity index is 856. The van der Waals surface area contributed by atoms with Gasteiger partial charge in [-0.3, -0.25) is 9.88 Å². The molecule has 122 valence electrons. The van der Waals surface area contributed by atoms with Crippen molar-refractivity contribution in [1.29, 1.82) is 0 Å². The number of hydrogen-bond donors (Lipinski definition) is 2. The molecule has 2 aromatic carbocycles. The van der Waals surface area contributed by atoms with Crippen LogP contribution in [0.5, 0.6) is 5.75 Å². The van der Waals surface area contributed by atoms with E-state index in [1.54, 1.807) is 12.3 Å². The molecule has 2 N–H and O–H groups in total. The van der Waals surface area contributed by atoms with Gasteiger partial charge in [-0.1, -0.05) is 36.4 Å². The molecule has 0 bridgehead atoms. The summed E-state index contributed by atoms with van der Waals surface area (Å²) in [6, 6.07) is 14.6. The average molecular weight is 319 g/mol. The second-order valence-electron chi connectivity index (χ2n) is 6.28. The first-order valence-electron chi connectivity index (χ1n) is 8.39. The highest BCUT2D eigenvalue weighted by molar-refractivity contribution is 5.98. The fourth-order valence-corrected chi connectivity index (χ4v) is 3.44. The molecule has 24 heavy (non-hydrogen) atoms. The van der Waals surface area contributed by atoms with E-state index in [0.29, 0.717) is 0 Å². The number of nitrogens with zero attached hydrogens (tertiary/aromatic N) is 2. The van der Waals surface area contributed by atoms with Crippen LogP contribution in [0.25, 0.3) is 21.9 Å². The zero-order valence-corrected chi connectivity index (χ0v) is 13.6. The summed E-state index contributed by atoms with van der Waals surface area (Å²) < 4.78 is 0. The van der Waals surface area contributed by atoms with Crippen molar-refractivity contribution < 1.29 is 5.11 Å². The summed E-state index contributed by atoms with van der Waals surface area (Å²) in [6.07, 6.45) is 3.27. The maximum absolute atomic E-state index is 9.74. The second-order valence-corrected chi connectivity index (χ2v) is 6.28. The van der Waals surface area contributed by atoms with E-state index in [-0.39, 0.29) is 5.75 Å². The van der Waals surface area contributed by atoms with Crippen molar-refractivity contribution in [1.82, 2.24) is 15.2 Å². The number of hydrogen-bond acceptors (Lipinski definition) is 4. The van der Waals surface area contributed by atoms with E-state index in [9.17, 15) is 5.11 Å². The van der Waals surface area contributed by atoms with E-state index in [4.69, 9.17) is 0 Å². The van der Waals surface area contributed by atoms with Crippen LogP contribution in [0.1, 0.15) is 5.56 Å². The molecular weight excluding hydrogens is 298 g/mol. The van der Waals surface area contributed by atoms with Gasteiger partial charge in [0.2, 0.25) is 0 Å². The smallest absolute Gasteiger partial charge is 0.134 e. The second kappa shape index (κ2) is 6.59. The summed E-state index contributed by atoms with van der Waals surface area (Å²) in [4.78, 5) is 6.61. The molecule has 3 aromatic rings. The first-order chi connectivity index (χ1) is 11.8. The number of aromatic hydroxyl groups is 1. The summed E-state index contributed by atoms with van der Waals surface area (Å²) in [7, 11) is 0. The van der Waals surface area contributed by atoms with Crippen LogP contribution in [0, 0.1) is 0 Å². The van der Waals surface area contributed by atoms with Crippen molar-refractivity contribution in [2.75, 3.05) is 26.2 Å². The lowest BCUT2D eigenvalue weighted by atomic mass is 9.95. The van der Waals surface area contributed by atoms with E-state index < -0.39 is 0 Å². The molecule has 1 fully saturated rings. The number of pyridine rings is 1. The van der Waals surface area contributed by atoms with Gasteiger partial charge in [0.1, 0.15) is 5.75 Å². The normalized spacial score (nSPS) is 15.7. The van der Waals surface area contributed by atoms with Crippen molar-refractivity contribution in [3.63, 3.8) is 0 Å². The summed E-state index contributed by atoms with van der Waals surface area (Å²) in [5, 5.41) is 15.6. The van der Waals surface area contributed by atoms with Crippen LogP contribution < -0.4 is 5.32 Å². The molecule has 0 aliphatic carbocycles. The van der Waals surface area contributed by atoms with Crippen LogP contribution in [-0.2, 0) is 6.54 Å². The molecule has 1 aliphatic heterocycles. The third kappa shape index (κ3) is 2.98. The van der Waals surface area contributed by atoms with E-state index in [1.807, 2.05) is 0 Å². The predicted octanol–water partition coefficient (Wildman–Crippen LogP) is 3.01. The fraction of sp³-hybridized carbons (Fsp3) is 0.250. The minimum Gasteiger partial charge on any atom is -0.506 e. The lowest BCUT2D eigenvalue weighted by molar-refractivity contribution is 0.234. The Morgan fingerprint density at radius 2 is 1.79 bits per heavy atom. The van der Waals surface area contributed by atoms with Gasteiger partial charge in [-0.25, -0.2) is 0 Å². The van der Waals surface area contributed by atoms with Gasteiger partial charge in [-0.05, 0) is 28.0 Å². The standard InChI is InChI=1S/C20H21N3O/c24-17-11-16(12-22-13-17)19-6-5-15(14-23-9-7-21-8-10-23)18-3-1-2-4-20(18)19/h1-6,11-13,21,24H,7-10,14H2. The van der Waals surface area contributed by atoms with Gasteiger partial charge in [-0.2, -0.15) is 0 Å². The van der Waals surface area contributed by atoms with Crippen molar-refractivity contribution in [2.45, 2.75) is 6.54 Å². The Balaban J connectivity index is 1.77. The highest BCUT2D eigenvalue weighted by Gasteiger charge is 2.13. The molecule has 0 unspecified atom stereocenters. The third-order valence-electron chi connectivity index (χ3n) is 4.65. The zero-order chi connectivity index (χ0) is 16.4. The summed E-state index contributed by atoms with van der Waals surface area (Å²) in [6.45, 7) is 5.27. The largest absolute Gasteiger partial charge is 0.506 e. The van der Waals surface area contributed by atoms with Crippen molar-refractivity contribution in [3.8, 4) is 16.9 Å². The molecule has 1 saturated heterocycles. The molecule has 0 atom stereocenters. The fourth-order valence-electron chi connectivity index (χ4n) is 3.44. The number of aromatic nitrogens is 1. The van der Waals surface area contributed by atoms with Crippen LogP contribution in [-0.4, -0.2) is 41.2 Å². The Morgan fingerprint density at radius 3 is 2.58 bits per heavy atom. The lowest BCUT2D eigenvalue weighted by Gasteiger charge is -2.27. The highest BCUT2D eigenvalue weighted by Crippen LogP contribution is 2.32. The summed E-state index contributed by atoms with van der Waals surface area (Å²) in [5.41, 5.74) is 3.40. The van der Waals surface area contributed by atoms with Crippen molar-refractivity contribution in [3.05, 3.63) is 60.4 Å². The Hall–Kier alpha value is -2.43. The van der Waals surface area contributed by atoms with Crippen LogP contribution in [0.3, 0.4) is 0 Å². The number of fused-ring (bicyclic) bond motifs is 1. The molecule has 4 heteroatoms. The molecule has 2 heterocycles.